The predicted octanol–water partition coefficient (Wildman–Crippen LogP) is 4.37. The third-order valence-electron chi connectivity index (χ3n) is 3.92. The largest absolute Gasteiger partial charge is 0.387 e. The number of aliphatic hydroxyl groups is 1. The predicted molar refractivity (Wildman–Crippen MR) is 90.7 cm³/mol. The van der Waals surface area contributed by atoms with Gasteiger partial charge in [0.2, 0.25) is 0 Å². The molecule has 0 saturated heterocycles. The molecular weight excluding hydrogens is 272 g/mol. The molecule has 0 unspecified atom stereocenters. The van der Waals surface area contributed by atoms with E-state index in [4.69, 9.17) is 4.74 Å². The molecule has 118 valence electrons. The average Bonchev–Trinajstić information content (AvgIpc) is 2.55. The Morgan fingerprint density at radius 2 is 1.45 bits per heavy atom. The van der Waals surface area contributed by atoms with Crippen molar-refractivity contribution in [3.63, 3.8) is 0 Å². The van der Waals surface area contributed by atoms with E-state index < -0.39 is 5.60 Å². The van der Waals surface area contributed by atoms with Crippen molar-refractivity contribution in [1.29, 1.82) is 0 Å². The smallest absolute Gasteiger partial charge is 0.0883 e. The summed E-state index contributed by atoms with van der Waals surface area (Å²) >= 11 is 0. The lowest BCUT2D eigenvalue weighted by atomic mass is 9.91. The Morgan fingerprint density at radius 3 is 2.05 bits per heavy atom. The van der Waals surface area contributed by atoms with Crippen molar-refractivity contribution < 1.29 is 9.84 Å². The molecule has 0 aliphatic carbocycles. The second-order valence-electron chi connectivity index (χ2n) is 5.94. The molecule has 0 bridgehead atoms. The number of rotatable bonds is 9. The maximum atomic E-state index is 10.8. The Balaban J connectivity index is 1.84. The second kappa shape index (κ2) is 8.72. The first kappa shape index (κ1) is 16.7. The van der Waals surface area contributed by atoms with E-state index >= 15 is 0 Å². The van der Waals surface area contributed by atoms with Gasteiger partial charge in [-0.2, -0.15) is 0 Å². The summed E-state index contributed by atoms with van der Waals surface area (Å²) in [5, 5.41) is 10.8. The summed E-state index contributed by atoms with van der Waals surface area (Å²) in [5.74, 6) is 0. The Morgan fingerprint density at radius 1 is 0.864 bits per heavy atom. The van der Waals surface area contributed by atoms with Gasteiger partial charge in [-0.25, -0.2) is 0 Å². The van der Waals surface area contributed by atoms with Gasteiger partial charge < -0.3 is 9.84 Å². The van der Waals surface area contributed by atoms with Crippen molar-refractivity contribution in [3.05, 3.63) is 71.8 Å². The van der Waals surface area contributed by atoms with Crippen molar-refractivity contribution in [2.45, 2.75) is 44.8 Å². The SMILES string of the molecule is CCC[C@](O)(CCc1ccccc1)COCc1ccccc1. The topological polar surface area (TPSA) is 29.5 Å². The highest BCUT2D eigenvalue weighted by Crippen LogP contribution is 2.21. The first-order valence-corrected chi connectivity index (χ1v) is 8.10. The molecule has 0 aliphatic heterocycles. The minimum atomic E-state index is -0.737. The first-order chi connectivity index (χ1) is 10.7. The lowest BCUT2D eigenvalue weighted by Gasteiger charge is -2.28. The van der Waals surface area contributed by atoms with Gasteiger partial charge in [0.05, 0.1) is 18.8 Å². The zero-order valence-electron chi connectivity index (χ0n) is 13.4. The monoisotopic (exact) mass is 298 g/mol. The van der Waals surface area contributed by atoms with Crippen LogP contribution in [0.5, 0.6) is 0 Å². The maximum Gasteiger partial charge on any atom is 0.0883 e. The summed E-state index contributed by atoms with van der Waals surface area (Å²) in [6, 6.07) is 20.4. The average molecular weight is 298 g/mol. The van der Waals surface area contributed by atoms with Crippen LogP contribution in [-0.2, 0) is 17.8 Å². The molecule has 0 saturated carbocycles. The fourth-order valence-corrected chi connectivity index (χ4v) is 2.69. The number of hydrogen-bond donors (Lipinski definition) is 1. The molecule has 2 aromatic carbocycles. The summed E-state index contributed by atoms with van der Waals surface area (Å²) in [6.07, 6.45) is 3.35. The summed E-state index contributed by atoms with van der Waals surface area (Å²) in [7, 11) is 0. The van der Waals surface area contributed by atoms with Crippen LogP contribution in [0.4, 0.5) is 0 Å². The fourth-order valence-electron chi connectivity index (χ4n) is 2.69. The van der Waals surface area contributed by atoms with Crippen molar-refractivity contribution in [2.75, 3.05) is 6.61 Å². The molecule has 0 heterocycles. The van der Waals surface area contributed by atoms with Crippen molar-refractivity contribution in [1.82, 2.24) is 0 Å². The Hall–Kier alpha value is -1.64. The van der Waals surface area contributed by atoms with E-state index in [2.05, 4.69) is 19.1 Å². The van der Waals surface area contributed by atoms with Crippen LogP contribution >= 0.6 is 0 Å². The molecule has 0 amide bonds. The molecule has 0 spiro atoms. The highest BCUT2D eigenvalue weighted by molar-refractivity contribution is 5.15. The summed E-state index contributed by atoms with van der Waals surface area (Å²) < 4.78 is 5.78. The molecule has 0 radical (unpaired) electrons. The molecule has 22 heavy (non-hydrogen) atoms. The summed E-state index contributed by atoms with van der Waals surface area (Å²) in [5.41, 5.74) is 1.67. The van der Waals surface area contributed by atoms with Gasteiger partial charge in [0.25, 0.3) is 0 Å². The maximum absolute atomic E-state index is 10.8. The quantitative estimate of drug-likeness (QED) is 0.745. The van der Waals surface area contributed by atoms with Gasteiger partial charge in [0.1, 0.15) is 0 Å². The van der Waals surface area contributed by atoms with E-state index in [9.17, 15) is 5.11 Å². The van der Waals surface area contributed by atoms with Crippen LogP contribution in [0.2, 0.25) is 0 Å². The normalized spacial score (nSPS) is 13.7. The van der Waals surface area contributed by atoms with Crippen LogP contribution in [0.3, 0.4) is 0 Å². The lowest BCUT2D eigenvalue weighted by Crippen LogP contribution is -2.35. The highest BCUT2D eigenvalue weighted by Gasteiger charge is 2.26. The number of aryl methyl sites for hydroxylation is 1. The molecule has 2 rings (SSSR count). The van der Waals surface area contributed by atoms with Crippen LogP contribution in [0, 0.1) is 0 Å². The van der Waals surface area contributed by atoms with E-state index in [0.29, 0.717) is 13.2 Å². The second-order valence-corrected chi connectivity index (χ2v) is 5.94. The summed E-state index contributed by atoms with van der Waals surface area (Å²) in [4.78, 5) is 0. The van der Waals surface area contributed by atoms with Crippen LogP contribution in [0.15, 0.2) is 60.7 Å². The molecule has 0 fully saturated rings. The zero-order valence-corrected chi connectivity index (χ0v) is 13.4. The van der Waals surface area contributed by atoms with Gasteiger partial charge in [-0.15, -0.1) is 0 Å². The van der Waals surface area contributed by atoms with E-state index in [1.807, 2.05) is 48.5 Å². The van der Waals surface area contributed by atoms with Crippen molar-refractivity contribution >= 4 is 0 Å². The van der Waals surface area contributed by atoms with E-state index in [1.54, 1.807) is 0 Å². The van der Waals surface area contributed by atoms with E-state index in [-0.39, 0.29) is 0 Å². The van der Waals surface area contributed by atoms with Crippen LogP contribution in [0.25, 0.3) is 0 Å². The third kappa shape index (κ3) is 5.63. The molecule has 1 atom stereocenters. The van der Waals surface area contributed by atoms with Gasteiger partial charge in [0, 0.05) is 0 Å². The van der Waals surface area contributed by atoms with Gasteiger partial charge in [-0.05, 0) is 30.4 Å². The summed E-state index contributed by atoms with van der Waals surface area (Å²) in [6.45, 7) is 3.05. The Labute approximate surface area is 133 Å². The number of ether oxygens (including phenoxy) is 1. The molecular formula is C20H26O2. The van der Waals surface area contributed by atoms with Crippen LogP contribution < -0.4 is 0 Å². The van der Waals surface area contributed by atoms with Crippen molar-refractivity contribution in [3.8, 4) is 0 Å². The molecule has 0 aromatic heterocycles. The minimum absolute atomic E-state index is 0.391. The Kier molecular flexibility index (Phi) is 6.63. The lowest BCUT2D eigenvalue weighted by molar-refractivity contribution is -0.0622. The minimum Gasteiger partial charge on any atom is -0.387 e. The van der Waals surface area contributed by atoms with Gasteiger partial charge >= 0.3 is 0 Å². The number of hydrogen-bond acceptors (Lipinski definition) is 2. The highest BCUT2D eigenvalue weighted by atomic mass is 16.5. The molecule has 2 aromatic rings. The van der Waals surface area contributed by atoms with Crippen LogP contribution in [0.1, 0.15) is 37.3 Å². The van der Waals surface area contributed by atoms with Gasteiger partial charge in [0.15, 0.2) is 0 Å². The fraction of sp³-hybridized carbons (Fsp3) is 0.400. The van der Waals surface area contributed by atoms with E-state index in [0.717, 1.165) is 31.2 Å². The molecule has 1 N–H and O–H groups in total. The number of benzene rings is 2. The Bertz CT molecular complexity index is 524. The van der Waals surface area contributed by atoms with E-state index in [1.165, 1.54) is 5.56 Å². The molecule has 2 heteroatoms. The first-order valence-electron chi connectivity index (χ1n) is 8.10. The van der Waals surface area contributed by atoms with Gasteiger partial charge in [-0.1, -0.05) is 74.0 Å². The third-order valence-corrected chi connectivity index (χ3v) is 3.92. The molecule has 2 nitrogen and oxygen atoms in total. The van der Waals surface area contributed by atoms with Gasteiger partial charge in [-0.3, -0.25) is 0 Å². The molecule has 0 aliphatic rings. The standard InChI is InChI=1S/C20H26O2/c1-2-14-20(21,15-13-18-9-5-3-6-10-18)17-22-16-19-11-7-4-8-12-19/h3-12,21H,2,13-17H2,1H3/t20-/m0/s1. The van der Waals surface area contributed by atoms with Crippen molar-refractivity contribution in [2.24, 2.45) is 0 Å². The van der Waals surface area contributed by atoms with Crippen LogP contribution in [-0.4, -0.2) is 17.3 Å². The zero-order chi connectivity index (χ0) is 15.7.